The van der Waals surface area contributed by atoms with Crippen LogP contribution in [0.4, 0.5) is 0 Å². The molecule has 0 radical (unpaired) electrons. The number of rotatable bonds is 5. The second-order valence-electron chi connectivity index (χ2n) is 5.95. The number of hydrogen-bond acceptors (Lipinski definition) is 4. The summed E-state index contributed by atoms with van der Waals surface area (Å²) < 4.78 is 10.6. The maximum absolute atomic E-state index is 12.0. The largest absolute Gasteiger partial charge is 0.493 e. The lowest BCUT2D eigenvalue weighted by Crippen LogP contribution is -2.49. The van der Waals surface area contributed by atoms with Crippen LogP contribution in [0.2, 0.25) is 0 Å². The van der Waals surface area contributed by atoms with Crippen molar-refractivity contribution in [2.24, 2.45) is 5.92 Å². The van der Waals surface area contributed by atoms with Crippen molar-refractivity contribution >= 4 is 5.91 Å². The van der Waals surface area contributed by atoms with Crippen molar-refractivity contribution in [2.75, 3.05) is 40.4 Å². The Morgan fingerprint density at radius 3 is 2.27 bits per heavy atom. The van der Waals surface area contributed by atoms with Crippen LogP contribution in [0.15, 0.2) is 18.2 Å². The Morgan fingerprint density at radius 2 is 1.73 bits per heavy atom. The van der Waals surface area contributed by atoms with Crippen molar-refractivity contribution in [1.82, 2.24) is 9.80 Å². The number of ether oxygens (including phenoxy) is 2. The van der Waals surface area contributed by atoms with Crippen molar-refractivity contribution < 1.29 is 14.3 Å². The average molecular weight is 306 g/mol. The van der Waals surface area contributed by atoms with Gasteiger partial charge in [-0.15, -0.1) is 0 Å². The monoisotopic (exact) mass is 306 g/mol. The molecule has 1 saturated heterocycles. The number of hydrogen-bond donors (Lipinski definition) is 0. The Balaban J connectivity index is 1.92. The second kappa shape index (κ2) is 7.49. The highest BCUT2D eigenvalue weighted by atomic mass is 16.5. The van der Waals surface area contributed by atoms with Crippen LogP contribution >= 0.6 is 0 Å². The van der Waals surface area contributed by atoms with Crippen molar-refractivity contribution in [3.05, 3.63) is 23.8 Å². The highest BCUT2D eigenvalue weighted by molar-refractivity contribution is 5.78. The zero-order chi connectivity index (χ0) is 16.1. The van der Waals surface area contributed by atoms with E-state index in [-0.39, 0.29) is 11.8 Å². The summed E-state index contributed by atoms with van der Waals surface area (Å²) in [4.78, 5) is 16.3. The molecule has 1 aromatic carbocycles. The molecule has 0 unspecified atom stereocenters. The molecule has 2 rings (SSSR count). The fourth-order valence-electron chi connectivity index (χ4n) is 2.73. The summed E-state index contributed by atoms with van der Waals surface area (Å²) >= 11 is 0. The van der Waals surface area contributed by atoms with Crippen LogP contribution in [0.3, 0.4) is 0 Å². The number of carbonyl (C=O) groups excluding carboxylic acids is 1. The molecule has 0 saturated carbocycles. The minimum Gasteiger partial charge on any atom is -0.493 e. The van der Waals surface area contributed by atoms with Crippen molar-refractivity contribution in [1.29, 1.82) is 0 Å². The van der Waals surface area contributed by atoms with Gasteiger partial charge in [-0.25, -0.2) is 0 Å². The van der Waals surface area contributed by atoms with E-state index in [2.05, 4.69) is 11.0 Å². The van der Waals surface area contributed by atoms with Gasteiger partial charge in [-0.3, -0.25) is 9.69 Å². The van der Waals surface area contributed by atoms with E-state index in [0.717, 1.165) is 44.2 Å². The quantitative estimate of drug-likeness (QED) is 0.834. The summed E-state index contributed by atoms with van der Waals surface area (Å²) in [6, 6.07) is 6.02. The molecule has 0 N–H and O–H groups in total. The van der Waals surface area contributed by atoms with E-state index >= 15 is 0 Å². The third kappa shape index (κ3) is 3.91. The van der Waals surface area contributed by atoms with E-state index in [1.165, 1.54) is 5.56 Å². The predicted octanol–water partition coefficient (Wildman–Crippen LogP) is 2.00. The Labute approximate surface area is 132 Å². The molecule has 1 heterocycles. The third-order valence-corrected chi connectivity index (χ3v) is 4.03. The highest BCUT2D eigenvalue weighted by Gasteiger charge is 2.22. The van der Waals surface area contributed by atoms with Crippen molar-refractivity contribution in [2.45, 2.75) is 20.4 Å². The summed E-state index contributed by atoms with van der Waals surface area (Å²) in [7, 11) is 3.29. The topological polar surface area (TPSA) is 42.0 Å². The molecule has 0 aliphatic carbocycles. The number of benzene rings is 1. The normalized spacial score (nSPS) is 16.0. The van der Waals surface area contributed by atoms with Gasteiger partial charge in [0, 0.05) is 38.6 Å². The van der Waals surface area contributed by atoms with Gasteiger partial charge in [0.1, 0.15) is 0 Å². The number of amides is 1. The lowest BCUT2D eigenvalue weighted by atomic mass is 10.1. The molecule has 5 nitrogen and oxygen atoms in total. The van der Waals surface area contributed by atoms with Crippen LogP contribution in [0.5, 0.6) is 11.5 Å². The van der Waals surface area contributed by atoms with E-state index in [4.69, 9.17) is 9.47 Å². The van der Waals surface area contributed by atoms with E-state index in [9.17, 15) is 4.79 Å². The van der Waals surface area contributed by atoms with E-state index < -0.39 is 0 Å². The summed E-state index contributed by atoms with van der Waals surface area (Å²) in [6.45, 7) is 8.22. The first kappa shape index (κ1) is 16.6. The second-order valence-corrected chi connectivity index (χ2v) is 5.95. The van der Waals surface area contributed by atoms with Crippen molar-refractivity contribution in [3.8, 4) is 11.5 Å². The first-order valence-corrected chi connectivity index (χ1v) is 7.77. The number of methoxy groups -OCH3 is 2. The molecule has 0 spiro atoms. The predicted molar refractivity (Wildman–Crippen MR) is 86.2 cm³/mol. The van der Waals surface area contributed by atoms with Gasteiger partial charge in [0.15, 0.2) is 11.5 Å². The Kier molecular flexibility index (Phi) is 5.66. The number of carbonyl (C=O) groups is 1. The SMILES string of the molecule is COc1ccc(CN2CCN(C(=O)C(C)C)CC2)cc1OC. The zero-order valence-electron chi connectivity index (χ0n) is 14.0. The average Bonchev–Trinajstić information content (AvgIpc) is 2.54. The van der Waals surface area contributed by atoms with Gasteiger partial charge in [0.2, 0.25) is 5.91 Å². The summed E-state index contributed by atoms with van der Waals surface area (Å²) in [5.41, 5.74) is 1.20. The minimum absolute atomic E-state index is 0.0809. The van der Waals surface area contributed by atoms with Crippen LogP contribution in [0, 0.1) is 5.92 Å². The molecule has 1 fully saturated rings. The highest BCUT2D eigenvalue weighted by Crippen LogP contribution is 2.28. The minimum atomic E-state index is 0.0809. The molecule has 0 atom stereocenters. The molecule has 1 aliphatic heterocycles. The molecule has 0 bridgehead atoms. The Bertz CT molecular complexity index is 509. The van der Waals surface area contributed by atoms with Gasteiger partial charge in [-0.1, -0.05) is 19.9 Å². The molecule has 1 aromatic rings. The van der Waals surface area contributed by atoms with Gasteiger partial charge < -0.3 is 14.4 Å². The molecule has 0 aromatic heterocycles. The van der Waals surface area contributed by atoms with E-state index in [1.54, 1.807) is 14.2 Å². The summed E-state index contributed by atoms with van der Waals surface area (Å²) in [5.74, 6) is 1.84. The molecule has 22 heavy (non-hydrogen) atoms. The Hall–Kier alpha value is -1.75. The molecule has 1 amide bonds. The molecular formula is C17H26N2O3. The molecule has 5 heteroatoms. The summed E-state index contributed by atoms with van der Waals surface area (Å²) in [5, 5.41) is 0. The number of nitrogens with zero attached hydrogens (tertiary/aromatic N) is 2. The summed E-state index contributed by atoms with van der Waals surface area (Å²) in [6.07, 6.45) is 0. The number of piperazine rings is 1. The first-order valence-electron chi connectivity index (χ1n) is 7.77. The van der Waals surface area contributed by atoms with E-state index in [1.807, 2.05) is 30.9 Å². The van der Waals surface area contributed by atoms with Crippen LogP contribution in [-0.4, -0.2) is 56.1 Å². The molecule has 1 aliphatic rings. The fourth-order valence-corrected chi connectivity index (χ4v) is 2.73. The van der Waals surface area contributed by atoms with Crippen LogP contribution in [0.25, 0.3) is 0 Å². The standard InChI is InChI=1S/C17H26N2O3/c1-13(2)17(20)19-9-7-18(8-10-19)12-14-5-6-15(21-3)16(11-14)22-4/h5-6,11,13H,7-10,12H2,1-4H3. The van der Waals surface area contributed by atoms with Gasteiger partial charge in [0.25, 0.3) is 0 Å². The van der Waals surface area contributed by atoms with Gasteiger partial charge in [0.05, 0.1) is 14.2 Å². The van der Waals surface area contributed by atoms with Crippen LogP contribution in [0.1, 0.15) is 19.4 Å². The lowest BCUT2D eigenvalue weighted by Gasteiger charge is -2.35. The third-order valence-electron chi connectivity index (χ3n) is 4.03. The van der Waals surface area contributed by atoms with E-state index in [0.29, 0.717) is 0 Å². The zero-order valence-corrected chi connectivity index (χ0v) is 14.0. The lowest BCUT2D eigenvalue weighted by molar-refractivity contribution is -0.136. The maximum Gasteiger partial charge on any atom is 0.225 e. The first-order chi connectivity index (χ1) is 10.5. The van der Waals surface area contributed by atoms with Crippen molar-refractivity contribution in [3.63, 3.8) is 0 Å². The molecular weight excluding hydrogens is 280 g/mol. The molecule has 122 valence electrons. The van der Waals surface area contributed by atoms with Crippen LogP contribution < -0.4 is 9.47 Å². The Morgan fingerprint density at radius 1 is 1.09 bits per heavy atom. The van der Waals surface area contributed by atoms with Gasteiger partial charge in [-0.2, -0.15) is 0 Å². The smallest absolute Gasteiger partial charge is 0.225 e. The van der Waals surface area contributed by atoms with Gasteiger partial charge >= 0.3 is 0 Å². The van der Waals surface area contributed by atoms with Gasteiger partial charge in [-0.05, 0) is 17.7 Å². The fraction of sp³-hybridized carbons (Fsp3) is 0.588. The maximum atomic E-state index is 12.0. The van der Waals surface area contributed by atoms with Crippen LogP contribution in [-0.2, 0) is 11.3 Å².